The van der Waals surface area contributed by atoms with E-state index in [0.717, 1.165) is 30.9 Å². The zero-order valence-corrected chi connectivity index (χ0v) is 12.5. The molecule has 0 atom stereocenters. The van der Waals surface area contributed by atoms with Gasteiger partial charge in [0.05, 0.1) is 17.1 Å². The van der Waals surface area contributed by atoms with Crippen LogP contribution >= 0.6 is 0 Å². The molecular formula is C14H23N5. The smallest absolute Gasteiger partial charge is 0.0641 e. The summed E-state index contributed by atoms with van der Waals surface area (Å²) in [4.78, 5) is 0. The molecule has 0 fully saturated rings. The number of nitrogens with zero attached hydrogens (tertiary/aromatic N) is 4. The lowest BCUT2D eigenvalue weighted by atomic mass is 10.2. The molecule has 0 bridgehead atoms. The van der Waals surface area contributed by atoms with Crippen molar-refractivity contribution in [3.63, 3.8) is 0 Å². The number of nitrogens with one attached hydrogen (secondary N) is 1. The summed E-state index contributed by atoms with van der Waals surface area (Å²) in [5.74, 6) is 0. The van der Waals surface area contributed by atoms with Crippen LogP contribution in [0.4, 0.5) is 0 Å². The molecule has 0 aromatic carbocycles. The van der Waals surface area contributed by atoms with Crippen LogP contribution in [0.15, 0.2) is 6.07 Å². The first kappa shape index (κ1) is 13.8. The van der Waals surface area contributed by atoms with E-state index in [1.165, 1.54) is 17.0 Å². The summed E-state index contributed by atoms with van der Waals surface area (Å²) >= 11 is 0. The zero-order chi connectivity index (χ0) is 14.0. The number of hydrogen-bond donors (Lipinski definition) is 1. The Morgan fingerprint density at radius 2 is 1.84 bits per heavy atom. The van der Waals surface area contributed by atoms with Crippen molar-refractivity contribution in [2.45, 2.75) is 40.3 Å². The number of aryl methyl sites for hydroxylation is 4. The molecule has 0 amide bonds. The predicted molar refractivity (Wildman–Crippen MR) is 75.8 cm³/mol. The third-order valence-electron chi connectivity index (χ3n) is 3.66. The SMILES string of the molecule is CCc1cc(CNCc2c(C)nn(C)c2C)n(C)n1. The molecule has 2 aromatic heterocycles. The number of hydrogen-bond acceptors (Lipinski definition) is 3. The minimum absolute atomic E-state index is 0.831. The van der Waals surface area contributed by atoms with Crippen LogP contribution in [0, 0.1) is 13.8 Å². The van der Waals surface area contributed by atoms with E-state index in [0.29, 0.717) is 0 Å². The quantitative estimate of drug-likeness (QED) is 0.890. The van der Waals surface area contributed by atoms with Gasteiger partial charge in [-0.05, 0) is 26.3 Å². The van der Waals surface area contributed by atoms with Gasteiger partial charge in [0.1, 0.15) is 0 Å². The molecule has 2 heterocycles. The number of aromatic nitrogens is 4. The van der Waals surface area contributed by atoms with Crippen LogP contribution in [0.25, 0.3) is 0 Å². The average Bonchev–Trinajstić information content (AvgIpc) is 2.84. The second-order valence-corrected chi connectivity index (χ2v) is 4.98. The normalized spacial score (nSPS) is 11.2. The summed E-state index contributed by atoms with van der Waals surface area (Å²) in [6, 6.07) is 2.16. The Kier molecular flexibility index (Phi) is 4.04. The molecule has 0 radical (unpaired) electrons. The van der Waals surface area contributed by atoms with Gasteiger partial charge in [0.15, 0.2) is 0 Å². The Morgan fingerprint density at radius 3 is 2.37 bits per heavy atom. The van der Waals surface area contributed by atoms with Crippen molar-refractivity contribution >= 4 is 0 Å². The number of rotatable bonds is 5. The van der Waals surface area contributed by atoms with E-state index < -0.39 is 0 Å². The monoisotopic (exact) mass is 261 g/mol. The molecule has 19 heavy (non-hydrogen) atoms. The molecule has 2 aromatic rings. The maximum Gasteiger partial charge on any atom is 0.0641 e. The first-order valence-corrected chi connectivity index (χ1v) is 6.74. The van der Waals surface area contributed by atoms with E-state index in [1.54, 1.807) is 0 Å². The van der Waals surface area contributed by atoms with Crippen molar-refractivity contribution in [3.8, 4) is 0 Å². The maximum atomic E-state index is 4.45. The second kappa shape index (κ2) is 5.57. The van der Waals surface area contributed by atoms with E-state index in [4.69, 9.17) is 0 Å². The molecule has 0 unspecified atom stereocenters. The molecule has 0 aliphatic heterocycles. The molecule has 0 saturated heterocycles. The highest BCUT2D eigenvalue weighted by Gasteiger charge is 2.09. The van der Waals surface area contributed by atoms with Gasteiger partial charge < -0.3 is 5.32 Å². The molecule has 0 aliphatic carbocycles. The summed E-state index contributed by atoms with van der Waals surface area (Å²) in [6.07, 6.45) is 0.981. The highest BCUT2D eigenvalue weighted by molar-refractivity contribution is 5.24. The minimum atomic E-state index is 0.831. The van der Waals surface area contributed by atoms with Crippen molar-refractivity contribution in [2.75, 3.05) is 0 Å². The van der Waals surface area contributed by atoms with E-state index in [9.17, 15) is 0 Å². The van der Waals surface area contributed by atoms with E-state index in [2.05, 4.69) is 42.4 Å². The summed E-state index contributed by atoms with van der Waals surface area (Å²) in [5.41, 5.74) is 5.99. The van der Waals surface area contributed by atoms with Crippen LogP contribution < -0.4 is 5.32 Å². The van der Waals surface area contributed by atoms with E-state index in [1.807, 2.05) is 23.5 Å². The predicted octanol–water partition coefficient (Wildman–Crippen LogP) is 1.62. The van der Waals surface area contributed by atoms with Crippen LogP contribution in [0.5, 0.6) is 0 Å². The maximum absolute atomic E-state index is 4.45. The molecule has 104 valence electrons. The molecule has 0 spiro atoms. The zero-order valence-electron chi connectivity index (χ0n) is 12.5. The van der Waals surface area contributed by atoms with Gasteiger partial charge >= 0.3 is 0 Å². The summed E-state index contributed by atoms with van der Waals surface area (Å²) < 4.78 is 3.89. The van der Waals surface area contributed by atoms with Crippen LogP contribution in [0.2, 0.25) is 0 Å². The van der Waals surface area contributed by atoms with Gasteiger partial charge in [0.25, 0.3) is 0 Å². The molecule has 5 nitrogen and oxygen atoms in total. The van der Waals surface area contributed by atoms with Gasteiger partial charge in [-0.25, -0.2) is 0 Å². The summed E-state index contributed by atoms with van der Waals surface area (Å²) in [7, 11) is 3.98. The fourth-order valence-electron chi connectivity index (χ4n) is 2.30. The van der Waals surface area contributed by atoms with Gasteiger partial charge in [0, 0.05) is 38.4 Å². The Hall–Kier alpha value is -1.62. The lowest BCUT2D eigenvalue weighted by Crippen LogP contribution is -2.16. The van der Waals surface area contributed by atoms with Gasteiger partial charge in [0.2, 0.25) is 0 Å². The van der Waals surface area contributed by atoms with Gasteiger partial charge in [-0.15, -0.1) is 0 Å². The summed E-state index contributed by atoms with van der Waals surface area (Å²) in [5, 5.41) is 12.4. The highest BCUT2D eigenvalue weighted by Crippen LogP contribution is 2.11. The van der Waals surface area contributed by atoms with Crippen molar-refractivity contribution in [3.05, 3.63) is 34.4 Å². The molecule has 1 N–H and O–H groups in total. The lowest BCUT2D eigenvalue weighted by Gasteiger charge is -2.05. The van der Waals surface area contributed by atoms with E-state index >= 15 is 0 Å². The van der Waals surface area contributed by atoms with Crippen molar-refractivity contribution in [1.82, 2.24) is 24.9 Å². The average molecular weight is 261 g/mol. The second-order valence-electron chi connectivity index (χ2n) is 4.98. The van der Waals surface area contributed by atoms with Gasteiger partial charge in [-0.1, -0.05) is 6.92 Å². The topological polar surface area (TPSA) is 47.7 Å². The molecule has 0 saturated carbocycles. The summed E-state index contributed by atoms with van der Waals surface area (Å²) in [6.45, 7) is 7.97. The van der Waals surface area contributed by atoms with Crippen LogP contribution in [-0.4, -0.2) is 19.6 Å². The fourth-order valence-corrected chi connectivity index (χ4v) is 2.30. The Labute approximate surface area is 114 Å². The molecular weight excluding hydrogens is 238 g/mol. The molecule has 2 rings (SSSR count). The van der Waals surface area contributed by atoms with Crippen LogP contribution in [0.3, 0.4) is 0 Å². The Balaban J connectivity index is 1.98. The molecule has 0 aliphatic rings. The van der Waals surface area contributed by atoms with Crippen molar-refractivity contribution < 1.29 is 0 Å². The third-order valence-corrected chi connectivity index (χ3v) is 3.66. The van der Waals surface area contributed by atoms with Crippen LogP contribution in [0.1, 0.15) is 35.3 Å². The lowest BCUT2D eigenvalue weighted by molar-refractivity contribution is 0.620. The van der Waals surface area contributed by atoms with Gasteiger partial charge in [-0.2, -0.15) is 10.2 Å². The Morgan fingerprint density at radius 1 is 1.11 bits per heavy atom. The standard InChI is InChI=1S/C14H23N5/c1-6-12-7-13(19(5)17-12)8-15-9-14-10(2)16-18(4)11(14)3/h7,15H,6,8-9H2,1-5H3. The first-order chi connectivity index (χ1) is 9.02. The fraction of sp³-hybridized carbons (Fsp3) is 0.571. The minimum Gasteiger partial charge on any atom is -0.307 e. The van der Waals surface area contributed by atoms with E-state index in [-0.39, 0.29) is 0 Å². The van der Waals surface area contributed by atoms with Gasteiger partial charge in [-0.3, -0.25) is 9.36 Å². The van der Waals surface area contributed by atoms with Crippen molar-refractivity contribution in [1.29, 1.82) is 0 Å². The molecule has 5 heteroatoms. The highest BCUT2D eigenvalue weighted by atomic mass is 15.3. The first-order valence-electron chi connectivity index (χ1n) is 6.74. The Bertz CT molecular complexity index is 565. The third kappa shape index (κ3) is 2.87. The van der Waals surface area contributed by atoms with Crippen LogP contribution in [-0.2, 0) is 33.6 Å². The largest absolute Gasteiger partial charge is 0.307 e. The van der Waals surface area contributed by atoms with Crippen molar-refractivity contribution in [2.24, 2.45) is 14.1 Å².